The Kier molecular flexibility index (Phi) is 5.72. The Bertz CT molecular complexity index is 1120. The quantitative estimate of drug-likeness (QED) is 0.756. The van der Waals surface area contributed by atoms with Crippen molar-refractivity contribution < 1.29 is 22.7 Å². The lowest BCUT2D eigenvalue weighted by molar-refractivity contribution is -0.121. The zero-order valence-corrected chi connectivity index (χ0v) is 18.3. The molecular formula is C22H25N3O5S. The summed E-state index contributed by atoms with van der Waals surface area (Å²) in [5, 5.41) is 5.58. The van der Waals surface area contributed by atoms with Crippen LogP contribution in [0.25, 0.3) is 0 Å². The smallest absolute Gasteiger partial charge is 0.262 e. The third kappa shape index (κ3) is 4.57. The summed E-state index contributed by atoms with van der Waals surface area (Å²) in [6.45, 7) is 4.38. The number of benzene rings is 2. The maximum absolute atomic E-state index is 13.1. The van der Waals surface area contributed by atoms with Gasteiger partial charge >= 0.3 is 0 Å². The van der Waals surface area contributed by atoms with Crippen LogP contribution < -0.4 is 15.4 Å². The van der Waals surface area contributed by atoms with E-state index < -0.39 is 10.0 Å². The van der Waals surface area contributed by atoms with Crippen LogP contribution in [0.2, 0.25) is 0 Å². The maximum atomic E-state index is 13.1. The van der Waals surface area contributed by atoms with Crippen molar-refractivity contribution in [3.05, 3.63) is 47.5 Å². The number of ether oxygens (including phenoxy) is 1. The molecule has 2 N–H and O–H groups in total. The molecule has 164 valence electrons. The molecule has 0 unspecified atom stereocenters. The van der Waals surface area contributed by atoms with Crippen LogP contribution in [0.15, 0.2) is 41.3 Å². The fourth-order valence-corrected chi connectivity index (χ4v) is 5.52. The van der Waals surface area contributed by atoms with E-state index in [0.29, 0.717) is 24.3 Å². The number of nitrogens with zero attached hydrogens (tertiary/aromatic N) is 1. The second-order valence-electron chi connectivity index (χ2n) is 8.04. The van der Waals surface area contributed by atoms with Gasteiger partial charge in [-0.1, -0.05) is 6.07 Å². The molecule has 0 atom stereocenters. The maximum Gasteiger partial charge on any atom is 0.262 e. The highest BCUT2D eigenvalue weighted by Gasteiger charge is 2.33. The van der Waals surface area contributed by atoms with E-state index in [0.717, 1.165) is 16.8 Å². The molecular weight excluding hydrogens is 418 g/mol. The van der Waals surface area contributed by atoms with E-state index in [1.54, 1.807) is 6.07 Å². The number of hydrogen-bond donors (Lipinski definition) is 2. The first-order chi connectivity index (χ1) is 14.7. The Labute approximate surface area is 181 Å². The van der Waals surface area contributed by atoms with Crippen molar-refractivity contribution in [3.8, 4) is 5.75 Å². The fourth-order valence-electron chi connectivity index (χ4n) is 4.02. The molecule has 8 nitrogen and oxygen atoms in total. The summed E-state index contributed by atoms with van der Waals surface area (Å²) >= 11 is 0. The molecule has 2 aliphatic heterocycles. The van der Waals surface area contributed by atoms with Gasteiger partial charge in [0.25, 0.3) is 5.91 Å². The average molecular weight is 444 g/mol. The molecule has 0 bridgehead atoms. The number of nitrogens with one attached hydrogen (secondary N) is 2. The topological polar surface area (TPSA) is 105 Å². The van der Waals surface area contributed by atoms with Gasteiger partial charge in [0.2, 0.25) is 15.9 Å². The predicted molar refractivity (Wildman–Crippen MR) is 117 cm³/mol. The summed E-state index contributed by atoms with van der Waals surface area (Å²) in [6.07, 6.45) is 0.890. The molecule has 2 aliphatic rings. The standard InChI is InChI=1S/C22H25N3O5S/c1-14-9-15(2)11-17(10-14)23-22(27)16-5-7-25(8-6-16)31(28,29)18-3-4-20-19(12-18)24-21(26)13-30-20/h3-4,9-12,16H,5-8,13H2,1-2H3,(H,23,27)(H,24,26). The lowest BCUT2D eigenvalue weighted by atomic mass is 9.97. The largest absolute Gasteiger partial charge is 0.482 e. The van der Waals surface area contributed by atoms with Crippen LogP contribution in [0.4, 0.5) is 11.4 Å². The molecule has 1 fully saturated rings. The van der Waals surface area contributed by atoms with Crippen molar-refractivity contribution in [2.24, 2.45) is 5.92 Å². The molecule has 9 heteroatoms. The summed E-state index contributed by atoms with van der Waals surface area (Å²) in [5.41, 5.74) is 3.25. The predicted octanol–water partition coefficient (Wildman–Crippen LogP) is 2.67. The summed E-state index contributed by atoms with van der Waals surface area (Å²) < 4.78 is 32.8. The second kappa shape index (κ2) is 8.32. The number of carbonyl (C=O) groups excluding carboxylic acids is 2. The van der Waals surface area contributed by atoms with Gasteiger partial charge in [-0.3, -0.25) is 9.59 Å². The number of aryl methyl sites for hydroxylation is 2. The Morgan fingerprint density at radius 1 is 1.10 bits per heavy atom. The molecule has 0 aromatic heterocycles. The summed E-state index contributed by atoms with van der Waals surface area (Å²) in [5.74, 6) is -0.211. The van der Waals surface area contributed by atoms with E-state index >= 15 is 0 Å². The van der Waals surface area contributed by atoms with Crippen molar-refractivity contribution in [2.45, 2.75) is 31.6 Å². The zero-order chi connectivity index (χ0) is 22.2. The fraction of sp³-hybridized carbons (Fsp3) is 0.364. The molecule has 0 spiro atoms. The van der Waals surface area contributed by atoms with Gasteiger partial charge in [-0.05, 0) is 68.1 Å². The van der Waals surface area contributed by atoms with Crippen molar-refractivity contribution in [1.29, 1.82) is 0 Å². The number of amides is 2. The molecule has 2 heterocycles. The molecule has 2 aromatic carbocycles. The minimum absolute atomic E-state index is 0.0865. The van der Waals surface area contributed by atoms with Gasteiger partial charge in [-0.2, -0.15) is 4.31 Å². The van der Waals surface area contributed by atoms with Gasteiger partial charge < -0.3 is 15.4 Å². The third-order valence-electron chi connectivity index (χ3n) is 5.54. The summed E-state index contributed by atoms with van der Waals surface area (Å²) in [6, 6.07) is 10.3. The lowest BCUT2D eigenvalue weighted by Gasteiger charge is -2.31. The average Bonchev–Trinajstić information content (AvgIpc) is 2.72. The van der Waals surface area contributed by atoms with Gasteiger partial charge in [0.05, 0.1) is 10.6 Å². The number of fused-ring (bicyclic) bond motifs is 1. The molecule has 2 amide bonds. The first-order valence-electron chi connectivity index (χ1n) is 10.2. The molecule has 1 saturated heterocycles. The third-order valence-corrected chi connectivity index (χ3v) is 7.43. The first kappa shape index (κ1) is 21.3. The Hall–Kier alpha value is -2.91. The van der Waals surface area contributed by atoms with Crippen LogP contribution in [0.5, 0.6) is 5.75 Å². The normalized spacial score (nSPS) is 17.4. The van der Waals surface area contributed by atoms with Crippen LogP contribution >= 0.6 is 0 Å². The van der Waals surface area contributed by atoms with Crippen LogP contribution in [-0.4, -0.2) is 44.2 Å². The summed E-state index contributed by atoms with van der Waals surface area (Å²) in [4.78, 5) is 24.3. The molecule has 4 rings (SSSR count). The second-order valence-corrected chi connectivity index (χ2v) is 9.98. The van der Waals surface area contributed by atoms with Crippen LogP contribution in [0, 0.1) is 19.8 Å². The van der Waals surface area contributed by atoms with E-state index in [2.05, 4.69) is 10.6 Å². The monoisotopic (exact) mass is 443 g/mol. The minimum atomic E-state index is -3.74. The Morgan fingerprint density at radius 2 is 1.77 bits per heavy atom. The SMILES string of the molecule is Cc1cc(C)cc(NC(=O)C2CCN(S(=O)(=O)c3ccc4c(c3)NC(=O)CO4)CC2)c1. The Morgan fingerprint density at radius 3 is 2.45 bits per heavy atom. The lowest BCUT2D eigenvalue weighted by Crippen LogP contribution is -2.41. The molecule has 0 aliphatic carbocycles. The van der Waals surface area contributed by atoms with Gasteiger partial charge in [-0.25, -0.2) is 8.42 Å². The van der Waals surface area contributed by atoms with E-state index in [4.69, 9.17) is 4.74 Å². The first-order valence-corrected chi connectivity index (χ1v) is 11.6. The number of hydrogen-bond acceptors (Lipinski definition) is 5. The van der Waals surface area contributed by atoms with Crippen molar-refractivity contribution in [2.75, 3.05) is 30.3 Å². The number of carbonyl (C=O) groups is 2. The van der Waals surface area contributed by atoms with E-state index in [1.807, 2.05) is 32.0 Å². The van der Waals surface area contributed by atoms with Crippen molar-refractivity contribution in [1.82, 2.24) is 4.31 Å². The molecule has 0 radical (unpaired) electrons. The van der Waals surface area contributed by atoms with Gasteiger partial charge in [0.1, 0.15) is 5.75 Å². The van der Waals surface area contributed by atoms with Crippen LogP contribution in [0.3, 0.4) is 0 Å². The Balaban J connectivity index is 1.41. The molecule has 0 saturated carbocycles. The zero-order valence-electron chi connectivity index (χ0n) is 17.5. The highest BCUT2D eigenvalue weighted by atomic mass is 32.2. The number of anilines is 2. The number of piperidine rings is 1. The number of sulfonamides is 1. The highest BCUT2D eigenvalue weighted by molar-refractivity contribution is 7.89. The highest BCUT2D eigenvalue weighted by Crippen LogP contribution is 2.32. The van der Waals surface area contributed by atoms with Gasteiger partial charge in [0, 0.05) is 24.7 Å². The van der Waals surface area contributed by atoms with E-state index in [-0.39, 0.29) is 42.3 Å². The minimum Gasteiger partial charge on any atom is -0.482 e. The van der Waals surface area contributed by atoms with Crippen molar-refractivity contribution in [3.63, 3.8) is 0 Å². The van der Waals surface area contributed by atoms with Crippen molar-refractivity contribution >= 4 is 33.2 Å². The molecule has 2 aromatic rings. The number of rotatable bonds is 4. The van der Waals surface area contributed by atoms with Crippen LogP contribution in [0.1, 0.15) is 24.0 Å². The van der Waals surface area contributed by atoms with Crippen LogP contribution in [-0.2, 0) is 19.6 Å². The van der Waals surface area contributed by atoms with Gasteiger partial charge in [-0.15, -0.1) is 0 Å². The van der Waals surface area contributed by atoms with Gasteiger partial charge in [0.15, 0.2) is 6.61 Å². The van der Waals surface area contributed by atoms with E-state index in [1.165, 1.54) is 16.4 Å². The molecule has 31 heavy (non-hydrogen) atoms. The summed E-state index contributed by atoms with van der Waals surface area (Å²) in [7, 11) is -3.74. The van der Waals surface area contributed by atoms with E-state index in [9.17, 15) is 18.0 Å².